The van der Waals surface area contributed by atoms with Crippen molar-refractivity contribution in [2.75, 3.05) is 39.3 Å². The molecule has 2 unspecified atom stereocenters. The fourth-order valence-corrected chi connectivity index (χ4v) is 3.27. The van der Waals surface area contributed by atoms with E-state index in [1.165, 1.54) is 45.4 Å². The number of nitrogens with two attached hydrogens (primary N) is 1. The van der Waals surface area contributed by atoms with E-state index in [-0.39, 0.29) is 6.61 Å². The predicted octanol–water partition coefficient (Wildman–Crippen LogP) is 0.646. The normalized spacial score (nSPS) is 29.8. The predicted molar refractivity (Wildman–Crippen MR) is 74.6 cm³/mol. The van der Waals surface area contributed by atoms with E-state index in [1.807, 2.05) is 6.92 Å². The molecule has 0 aromatic heterocycles. The molecular weight excluding hydrogens is 226 g/mol. The number of hydrogen-bond acceptors (Lipinski definition) is 4. The summed E-state index contributed by atoms with van der Waals surface area (Å²) in [6.07, 6.45) is 6.07. The van der Waals surface area contributed by atoms with Gasteiger partial charge in [0.1, 0.15) is 0 Å². The van der Waals surface area contributed by atoms with E-state index >= 15 is 0 Å². The van der Waals surface area contributed by atoms with Crippen LogP contribution in [0.25, 0.3) is 0 Å². The van der Waals surface area contributed by atoms with Gasteiger partial charge in [-0.2, -0.15) is 0 Å². The highest BCUT2D eigenvalue weighted by molar-refractivity contribution is 4.85. The van der Waals surface area contributed by atoms with Crippen molar-refractivity contribution >= 4 is 0 Å². The van der Waals surface area contributed by atoms with E-state index in [4.69, 9.17) is 10.8 Å². The quantitative estimate of drug-likeness (QED) is 0.757. The third-order valence-electron chi connectivity index (χ3n) is 4.47. The molecule has 0 bridgehead atoms. The molecule has 0 aliphatic carbocycles. The molecule has 0 radical (unpaired) electrons. The Morgan fingerprint density at radius 3 is 2.83 bits per heavy atom. The SMILES string of the molecule is CC(N)(CO)CCCN1CCCN2CCCC2C1. The van der Waals surface area contributed by atoms with Gasteiger partial charge in [-0.3, -0.25) is 4.90 Å². The summed E-state index contributed by atoms with van der Waals surface area (Å²) in [6.45, 7) is 8.22. The molecule has 18 heavy (non-hydrogen) atoms. The van der Waals surface area contributed by atoms with Crippen LogP contribution in [-0.4, -0.2) is 65.8 Å². The van der Waals surface area contributed by atoms with E-state index in [9.17, 15) is 0 Å². The van der Waals surface area contributed by atoms with Crippen molar-refractivity contribution in [1.82, 2.24) is 9.80 Å². The van der Waals surface area contributed by atoms with Gasteiger partial charge < -0.3 is 15.7 Å². The number of hydrogen-bond donors (Lipinski definition) is 2. The van der Waals surface area contributed by atoms with Crippen LogP contribution < -0.4 is 5.73 Å². The number of nitrogens with zero attached hydrogens (tertiary/aromatic N) is 2. The third kappa shape index (κ3) is 3.92. The maximum atomic E-state index is 9.15. The molecule has 2 atom stereocenters. The average Bonchev–Trinajstić information content (AvgIpc) is 2.68. The first-order valence-electron chi connectivity index (χ1n) is 7.47. The summed E-state index contributed by atoms with van der Waals surface area (Å²) in [4.78, 5) is 5.27. The molecule has 0 aromatic carbocycles. The number of fused-ring (bicyclic) bond motifs is 1. The summed E-state index contributed by atoms with van der Waals surface area (Å²) in [5.74, 6) is 0. The average molecular weight is 255 g/mol. The van der Waals surface area contributed by atoms with E-state index in [0.717, 1.165) is 25.4 Å². The van der Waals surface area contributed by atoms with Crippen molar-refractivity contribution in [3.05, 3.63) is 0 Å². The van der Waals surface area contributed by atoms with Crippen LogP contribution in [0.4, 0.5) is 0 Å². The van der Waals surface area contributed by atoms with Gasteiger partial charge in [-0.25, -0.2) is 0 Å². The number of aliphatic hydroxyl groups excluding tert-OH is 1. The highest BCUT2D eigenvalue weighted by Gasteiger charge is 2.28. The first-order valence-corrected chi connectivity index (χ1v) is 7.47. The summed E-state index contributed by atoms with van der Waals surface area (Å²) in [6, 6.07) is 0.801. The Labute approximate surface area is 111 Å². The second-order valence-electron chi connectivity index (χ2n) is 6.40. The van der Waals surface area contributed by atoms with Crippen molar-refractivity contribution in [3.63, 3.8) is 0 Å². The van der Waals surface area contributed by atoms with Gasteiger partial charge in [-0.15, -0.1) is 0 Å². The molecule has 2 fully saturated rings. The molecule has 4 nitrogen and oxygen atoms in total. The minimum atomic E-state index is -0.398. The Balaban J connectivity index is 1.72. The van der Waals surface area contributed by atoms with Crippen LogP contribution in [0.5, 0.6) is 0 Å². The molecule has 106 valence electrons. The molecule has 2 aliphatic rings. The third-order valence-corrected chi connectivity index (χ3v) is 4.47. The van der Waals surface area contributed by atoms with Crippen LogP contribution >= 0.6 is 0 Å². The Morgan fingerprint density at radius 1 is 1.28 bits per heavy atom. The van der Waals surface area contributed by atoms with Crippen LogP contribution in [0.1, 0.15) is 39.0 Å². The first kappa shape index (κ1) is 14.3. The fraction of sp³-hybridized carbons (Fsp3) is 1.00. The Bertz CT molecular complexity index is 257. The van der Waals surface area contributed by atoms with Crippen molar-refractivity contribution in [2.24, 2.45) is 5.73 Å². The van der Waals surface area contributed by atoms with Gasteiger partial charge in [0, 0.05) is 18.1 Å². The zero-order valence-electron chi connectivity index (χ0n) is 11.8. The number of aliphatic hydroxyl groups is 1. The molecule has 2 heterocycles. The molecule has 2 aliphatic heterocycles. The van der Waals surface area contributed by atoms with Crippen molar-refractivity contribution < 1.29 is 5.11 Å². The van der Waals surface area contributed by atoms with E-state index in [0.29, 0.717) is 0 Å². The minimum absolute atomic E-state index is 0.0867. The Kier molecular flexibility index (Phi) is 5.01. The highest BCUT2D eigenvalue weighted by Crippen LogP contribution is 2.21. The molecule has 0 saturated carbocycles. The Hall–Kier alpha value is -0.160. The summed E-state index contributed by atoms with van der Waals surface area (Å²) < 4.78 is 0. The molecule has 0 amide bonds. The zero-order valence-corrected chi connectivity index (χ0v) is 11.8. The van der Waals surface area contributed by atoms with Crippen LogP contribution in [-0.2, 0) is 0 Å². The van der Waals surface area contributed by atoms with Gasteiger partial charge in [0.25, 0.3) is 0 Å². The van der Waals surface area contributed by atoms with Gasteiger partial charge in [-0.05, 0) is 65.2 Å². The van der Waals surface area contributed by atoms with Gasteiger partial charge in [0.05, 0.1) is 6.61 Å². The first-order chi connectivity index (χ1) is 8.61. The van der Waals surface area contributed by atoms with Gasteiger partial charge >= 0.3 is 0 Å². The Morgan fingerprint density at radius 2 is 2.06 bits per heavy atom. The van der Waals surface area contributed by atoms with Gasteiger partial charge in [-0.1, -0.05) is 0 Å². The van der Waals surface area contributed by atoms with E-state index in [1.54, 1.807) is 0 Å². The van der Waals surface area contributed by atoms with E-state index < -0.39 is 5.54 Å². The molecule has 3 N–H and O–H groups in total. The van der Waals surface area contributed by atoms with Crippen molar-refractivity contribution in [3.8, 4) is 0 Å². The maximum Gasteiger partial charge on any atom is 0.0608 e. The minimum Gasteiger partial charge on any atom is -0.394 e. The lowest BCUT2D eigenvalue weighted by atomic mass is 9.98. The maximum absolute atomic E-state index is 9.15. The monoisotopic (exact) mass is 255 g/mol. The smallest absolute Gasteiger partial charge is 0.0608 e. The van der Waals surface area contributed by atoms with Crippen LogP contribution in [0, 0.1) is 0 Å². The second-order valence-corrected chi connectivity index (χ2v) is 6.40. The summed E-state index contributed by atoms with van der Waals surface area (Å²) in [5, 5.41) is 9.15. The molecule has 0 aromatic rings. The lowest BCUT2D eigenvalue weighted by molar-refractivity contribution is 0.182. The molecule has 0 spiro atoms. The lowest BCUT2D eigenvalue weighted by Gasteiger charge is -2.27. The fourth-order valence-electron chi connectivity index (χ4n) is 3.27. The van der Waals surface area contributed by atoms with Crippen LogP contribution in [0.2, 0.25) is 0 Å². The van der Waals surface area contributed by atoms with Gasteiger partial charge in [0.15, 0.2) is 0 Å². The molecule has 4 heteroatoms. The second kappa shape index (κ2) is 6.33. The lowest BCUT2D eigenvalue weighted by Crippen LogP contribution is -2.41. The standard InChI is InChI=1S/C14H29N3O/c1-14(15,12-18)6-3-7-16-8-4-10-17-9-2-5-13(17)11-16/h13,18H,2-12,15H2,1H3. The molecule has 2 saturated heterocycles. The van der Waals surface area contributed by atoms with Crippen molar-refractivity contribution in [1.29, 1.82) is 0 Å². The van der Waals surface area contributed by atoms with Crippen LogP contribution in [0.3, 0.4) is 0 Å². The topological polar surface area (TPSA) is 52.7 Å². The summed E-state index contributed by atoms with van der Waals surface area (Å²) in [7, 11) is 0. The summed E-state index contributed by atoms with van der Waals surface area (Å²) >= 11 is 0. The van der Waals surface area contributed by atoms with Crippen LogP contribution in [0.15, 0.2) is 0 Å². The zero-order chi connectivity index (χ0) is 13.0. The van der Waals surface area contributed by atoms with Gasteiger partial charge in [0.2, 0.25) is 0 Å². The molecule has 2 rings (SSSR count). The largest absolute Gasteiger partial charge is 0.394 e. The van der Waals surface area contributed by atoms with E-state index in [2.05, 4.69) is 9.80 Å². The number of rotatable bonds is 5. The summed E-state index contributed by atoms with van der Waals surface area (Å²) in [5.41, 5.74) is 5.57. The highest BCUT2D eigenvalue weighted by atomic mass is 16.3. The van der Waals surface area contributed by atoms with Crippen molar-refractivity contribution in [2.45, 2.75) is 50.6 Å². The molecular formula is C14H29N3O.